The normalized spacial score (nSPS) is 23.6. The largest absolute Gasteiger partial charge is 0.381 e. The molecule has 0 spiro atoms. The molecule has 112 valence electrons. The van der Waals surface area contributed by atoms with Gasteiger partial charge in [0.05, 0.1) is 11.1 Å². The number of rotatable bonds is 3. The van der Waals surface area contributed by atoms with Gasteiger partial charge >= 0.3 is 0 Å². The maximum atomic E-state index is 6.25. The number of hydrogen-bond acceptors (Lipinski definition) is 3. The summed E-state index contributed by atoms with van der Waals surface area (Å²) in [4.78, 5) is 4.41. The Morgan fingerprint density at radius 2 is 1.90 bits per heavy atom. The Bertz CT molecular complexity index is 448. The van der Waals surface area contributed by atoms with Crippen molar-refractivity contribution in [1.29, 1.82) is 0 Å². The minimum Gasteiger partial charge on any atom is -0.381 e. The number of nitrogens with one attached hydrogen (secondary N) is 1. The van der Waals surface area contributed by atoms with Gasteiger partial charge in [0.15, 0.2) is 0 Å². The molecule has 1 N–H and O–H groups in total. The molecule has 0 saturated heterocycles. The Morgan fingerprint density at radius 3 is 2.45 bits per heavy atom. The molecule has 0 unspecified atom stereocenters. The number of anilines is 1. The van der Waals surface area contributed by atoms with Crippen LogP contribution in [0.5, 0.6) is 0 Å². The molecule has 1 aliphatic carbocycles. The monoisotopic (exact) mass is 296 g/mol. The predicted octanol–water partition coefficient (Wildman–Crippen LogP) is 4.40. The van der Waals surface area contributed by atoms with Crippen molar-refractivity contribution >= 4 is 17.4 Å². The zero-order valence-corrected chi connectivity index (χ0v) is 13.6. The molecule has 3 nitrogen and oxygen atoms in total. The van der Waals surface area contributed by atoms with E-state index >= 15 is 0 Å². The third kappa shape index (κ3) is 3.86. The summed E-state index contributed by atoms with van der Waals surface area (Å²) in [7, 11) is 1.80. The third-order valence-corrected chi connectivity index (χ3v) is 4.32. The molecular formula is C16H25ClN2O. The number of nitrogens with zero attached hydrogens (tertiary/aromatic N) is 1. The van der Waals surface area contributed by atoms with Crippen LogP contribution >= 0.6 is 11.6 Å². The Morgan fingerprint density at radius 1 is 1.25 bits per heavy atom. The molecular weight excluding hydrogens is 272 g/mol. The number of hydrogen-bond donors (Lipinski definition) is 1. The fourth-order valence-electron chi connectivity index (χ4n) is 2.74. The van der Waals surface area contributed by atoms with Crippen LogP contribution in [-0.4, -0.2) is 24.2 Å². The van der Waals surface area contributed by atoms with Crippen molar-refractivity contribution in [3.8, 4) is 0 Å². The summed E-state index contributed by atoms with van der Waals surface area (Å²) < 4.78 is 5.41. The standard InChI is InChI=1S/C16H25ClN2O/c1-16(2,3)13-9-15(18-10-14(13)17)19-11-5-7-12(20-4)8-6-11/h9-12H,5-8H2,1-4H3,(H,18,19). The smallest absolute Gasteiger partial charge is 0.126 e. The topological polar surface area (TPSA) is 34.1 Å². The van der Waals surface area contributed by atoms with Gasteiger partial charge < -0.3 is 10.1 Å². The van der Waals surface area contributed by atoms with Gasteiger partial charge in [0.2, 0.25) is 0 Å². The molecule has 0 radical (unpaired) electrons. The molecule has 0 amide bonds. The summed E-state index contributed by atoms with van der Waals surface area (Å²) >= 11 is 6.25. The fourth-order valence-corrected chi connectivity index (χ4v) is 3.13. The van der Waals surface area contributed by atoms with Gasteiger partial charge in [-0.3, -0.25) is 0 Å². The zero-order valence-electron chi connectivity index (χ0n) is 12.9. The lowest BCUT2D eigenvalue weighted by molar-refractivity contribution is 0.0681. The van der Waals surface area contributed by atoms with Crippen LogP contribution in [0, 0.1) is 0 Å². The summed E-state index contributed by atoms with van der Waals surface area (Å²) in [5.41, 5.74) is 1.17. The third-order valence-electron chi connectivity index (χ3n) is 4.02. The van der Waals surface area contributed by atoms with Gasteiger partial charge in [-0.05, 0) is 42.7 Å². The highest BCUT2D eigenvalue weighted by Crippen LogP contribution is 2.31. The first kappa shape index (κ1) is 15.6. The average molecular weight is 297 g/mol. The van der Waals surface area contributed by atoms with Crippen molar-refractivity contribution in [2.45, 2.75) is 64.0 Å². The molecule has 0 aliphatic heterocycles. The second kappa shape index (κ2) is 6.31. The predicted molar refractivity (Wildman–Crippen MR) is 84.6 cm³/mol. The van der Waals surface area contributed by atoms with Crippen LogP contribution in [0.4, 0.5) is 5.82 Å². The van der Waals surface area contributed by atoms with Crippen LogP contribution < -0.4 is 5.32 Å². The molecule has 0 atom stereocenters. The summed E-state index contributed by atoms with van der Waals surface area (Å²) in [5, 5.41) is 4.28. The van der Waals surface area contributed by atoms with Crippen molar-refractivity contribution in [3.05, 3.63) is 22.8 Å². The number of pyridine rings is 1. The van der Waals surface area contributed by atoms with Crippen molar-refractivity contribution in [1.82, 2.24) is 4.98 Å². The molecule has 1 aromatic rings. The van der Waals surface area contributed by atoms with Gasteiger partial charge in [-0.15, -0.1) is 0 Å². The van der Waals surface area contributed by atoms with Crippen LogP contribution in [-0.2, 0) is 10.2 Å². The van der Waals surface area contributed by atoms with Crippen molar-refractivity contribution in [2.24, 2.45) is 0 Å². The van der Waals surface area contributed by atoms with Crippen LogP contribution in [0.25, 0.3) is 0 Å². The highest BCUT2D eigenvalue weighted by atomic mass is 35.5. The molecule has 1 aliphatic rings. The van der Waals surface area contributed by atoms with E-state index in [1.165, 1.54) is 0 Å². The maximum Gasteiger partial charge on any atom is 0.126 e. The van der Waals surface area contributed by atoms with E-state index in [0.717, 1.165) is 42.1 Å². The lowest BCUT2D eigenvalue weighted by Crippen LogP contribution is -2.29. The quantitative estimate of drug-likeness (QED) is 0.897. The van der Waals surface area contributed by atoms with Crippen molar-refractivity contribution in [3.63, 3.8) is 0 Å². The average Bonchev–Trinajstić information content (AvgIpc) is 2.40. The van der Waals surface area contributed by atoms with E-state index < -0.39 is 0 Å². The van der Waals surface area contributed by atoms with Crippen LogP contribution in [0.3, 0.4) is 0 Å². The molecule has 1 aromatic heterocycles. The summed E-state index contributed by atoms with van der Waals surface area (Å²) in [5.74, 6) is 0.931. The minimum atomic E-state index is 0.0319. The number of halogens is 1. The van der Waals surface area contributed by atoms with Gasteiger partial charge in [0.25, 0.3) is 0 Å². The first-order chi connectivity index (χ1) is 9.40. The minimum absolute atomic E-state index is 0.0319. The highest BCUT2D eigenvalue weighted by molar-refractivity contribution is 6.31. The second-order valence-corrected chi connectivity index (χ2v) is 7.06. The second-order valence-electron chi connectivity index (χ2n) is 6.65. The molecule has 0 bridgehead atoms. The van der Waals surface area contributed by atoms with Gasteiger partial charge in [-0.2, -0.15) is 0 Å². The first-order valence-corrected chi connectivity index (χ1v) is 7.73. The molecule has 1 saturated carbocycles. The molecule has 1 fully saturated rings. The summed E-state index contributed by atoms with van der Waals surface area (Å²) in [6.07, 6.45) is 6.69. The molecule has 1 heterocycles. The Hall–Kier alpha value is -0.800. The summed E-state index contributed by atoms with van der Waals surface area (Å²) in [6.45, 7) is 6.51. The van der Waals surface area contributed by atoms with E-state index in [0.29, 0.717) is 12.1 Å². The molecule has 20 heavy (non-hydrogen) atoms. The molecule has 0 aromatic carbocycles. The van der Waals surface area contributed by atoms with Gasteiger partial charge in [0.1, 0.15) is 5.82 Å². The van der Waals surface area contributed by atoms with E-state index in [9.17, 15) is 0 Å². The zero-order chi connectivity index (χ0) is 14.8. The Balaban J connectivity index is 2.04. The van der Waals surface area contributed by atoms with Crippen LogP contribution in [0.1, 0.15) is 52.0 Å². The van der Waals surface area contributed by atoms with E-state index in [1.807, 2.05) is 0 Å². The Labute approximate surface area is 127 Å². The number of methoxy groups -OCH3 is 1. The van der Waals surface area contributed by atoms with Gasteiger partial charge in [-0.25, -0.2) is 4.98 Å². The van der Waals surface area contributed by atoms with E-state index in [1.54, 1.807) is 13.3 Å². The van der Waals surface area contributed by atoms with Crippen molar-refractivity contribution < 1.29 is 4.74 Å². The van der Waals surface area contributed by atoms with Gasteiger partial charge in [0, 0.05) is 19.3 Å². The lowest BCUT2D eigenvalue weighted by Gasteiger charge is -2.29. The molecule has 4 heteroatoms. The van der Waals surface area contributed by atoms with Crippen LogP contribution in [0.2, 0.25) is 5.02 Å². The fraction of sp³-hybridized carbons (Fsp3) is 0.688. The van der Waals surface area contributed by atoms with Crippen molar-refractivity contribution in [2.75, 3.05) is 12.4 Å². The van der Waals surface area contributed by atoms with Crippen LogP contribution in [0.15, 0.2) is 12.3 Å². The summed E-state index contributed by atoms with van der Waals surface area (Å²) in [6, 6.07) is 2.58. The van der Waals surface area contributed by atoms with Gasteiger partial charge in [-0.1, -0.05) is 32.4 Å². The number of ether oxygens (including phenoxy) is 1. The first-order valence-electron chi connectivity index (χ1n) is 7.35. The van der Waals surface area contributed by atoms with E-state index in [2.05, 4.69) is 37.1 Å². The molecule has 2 rings (SSSR count). The van der Waals surface area contributed by atoms with E-state index in [-0.39, 0.29) is 5.41 Å². The van der Waals surface area contributed by atoms with E-state index in [4.69, 9.17) is 16.3 Å². The highest BCUT2D eigenvalue weighted by Gasteiger charge is 2.22. The number of aromatic nitrogens is 1. The SMILES string of the molecule is COC1CCC(Nc2cc(C(C)(C)C)c(Cl)cn2)CC1. The lowest BCUT2D eigenvalue weighted by atomic mass is 9.87. The maximum absolute atomic E-state index is 6.25. The Kier molecular flexibility index (Phi) is 4.92.